The van der Waals surface area contributed by atoms with Gasteiger partial charge in [-0.3, -0.25) is 4.79 Å². The number of fused-ring (bicyclic) bond motifs is 1. The first kappa shape index (κ1) is 15.1. The van der Waals surface area contributed by atoms with Gasteiger partial charge in [0.05, 0.1) is 22.9 Å². The molecule has 7 heteroatoms. The molecular weight excluding hydrogens is 316 g/mol. The van der Waals surface area contributed by atoms with E-state index in [2.05, 4.69) is 15.0 Å². The summed E-state index contributed by atoms with van der Waals surface area (Å²) in [5.41, 5.74) is 9.78. The summed E-state index contributed by atoms with van der Waals surface area (Å²) in [6.45, 7) is 0. The van der Waals surface area contributed by atoms with E-state index in [0.717, 1.165) is 16.6 Å². The molecule has 0 unspecified atom stereocenters. The Morgan fingerprint density at radius 1 is 1.04 bits per heavy atom. The molecule has 4 aromatic rings. The Kier molecular flexibility index (Phi) is 3.35. The topological polar surface area (TPSA) is 91.6 Å². The summed E-state index contributed by atoms with van der Waals surface area (Å²) in [5.74, 6) is 0.963. The minimum atomic E-state index is -0.0808. The fourth-order valence-corrected chi connectivity index (χ4v) is 2.80. The highest BCUT2D eigenvalue weighted by Crippen LogP contribution is 2.27. The molecule has 3 heterocycles. The molecule has 1 aromatic carbocycles. The molecule has 0 fully saturated rings. The maximum absolute atomic E-state index is 11.6. The highest BCUT2D eigenvalue weighted by atomic mass is 16.1. The van der Waals surface area contributed by atoms with Crippen molar-refractivity contribution >= 4 is 16.9 Å². The van der Waals surface area contributed by atoms with Gasteiger partial charge in [0.1, 0.15) is 5.69 Å². The maximum atomic E-state index is 11.6. The molecule has 0 saturated heterocycles. The van der Waals surface area contributed by atoms with Crippen molar-refractivity contribution in [2.24, 2.45) is 14.1 Å². The van der Waals surface area contributed by atoms with Gasteiger partial charge in [-0.25, -0.2) is 15.0 Å². The van der Waals surface area contributed by atoms with Crippen LogP contribution in [0, 0.1) is 0 Å². The molecule has 25 heavy (non-hydrogen) atoms. The van der Waals surface area contributed by atoms with E-state index in [-0.39, 0.29) is 5.56 Å². The molecule has 2 N–H and O–H groups in total. The molecule has 0 bridgehead atoms. The van der Waals surface area contributed by atoms with Gasteiger partial charge in [-0.2, -0.15) is 0 Å². The van der Waals surface area contributed by atoms with Crippen LogP contribution >= 0.6 is 0 Å². The van der Waals surface area contributed by atoms with Crippen LogP contribution in [0.25, 0.3) is 33.8 Å². The molecule has 124 valence electrons. The highest BCUT2D eigenvalue weighted by Gasteiger charge is 2.16. The molecule has 0 spiro atoms. The minimum Gasteiger partial charge on any atom is -0.382 e. The molecule has 7 nitrogen and oxygen atoms in total. The zero-order valence-corrected chi connectivity index (χ0v) is 13.8. The molecular formula is C18H16N6O. The van der Waals surface area contributed by atoms with Crippen molar-refractivity contribution in [2.75, 3.05) is 5.73 Å². The van der Waals surface area contributed by atoms with Crippen molar-refractivity contribution in [3.8, 4) is 22.8 Å². The van der Waals surface area contributed by atoms with Crippen molar-refractivity contribution in [3.05, 3.63) is 59.1 Å². The third-order valence-electron chi connectivity index (χ3n) is 4.18. The quantitative estimate of drug-likeness (QED) is 0.606. The summed E-state index contributed by atoms with van der Waals surface area (Å²) in [6.07, 6.45) is 3.32. The molecule has 0 atom stereocenters. The number of aryl methyl sites for hydroxylation is 2. The standard InChI is InChI=1S/C18H16N6O/c1-23-10-11(7-8-15(23)25)13-9-20-17(19)16(21-13)18-22-12-5-3-4-6-14(12)24(18)2/h3-10H,1-2H3,(H2,19,20). The fourth-order valence-electron chi connectivity index (χ4n) is 2.80. The Bertz CT molecular complexity index is 1160. The number of imidazole rings is 1. The lowest BCUT2D eigenvalue weighted by molar-refractivity contribution is 0.861. The second-order valence-electron chi connectivity index (χ2n) is 5.84. The summed E-state index contributed by atoms with van der Waals surface area (Å²) in [6, 6.07) is 11.1. The first-order valence-corrected chi connectivity index (χ1v) is 7.76. The second-order valence-corrected chi connectivity index (χ2v) is 5.84. The van der Waals surface area contributed by atoms with Crippen LogP contribution in [0.2, 0.25) is 0 Å². The van der Waals surface area contributed by atoms with E-state index in [0.29, 0.717) is 23.0 Å². The fraction of sp³-hybridized carbons (Fsp3) is 0.111. The van der Waals surface area contributed by atoms with Crippen LogP contribution in [0.3, 0.4) is 0 Å². The number of hydrogen-bond acceptors (Lipinski definition) is 5. The lowest BCUT2D eigenvalue weighted by atomic mass is 10.2. The van der Waals surface area contributed by atoms with E-state index >= 15 is 0 Å². The summed E-state index contributed by atoms with van der Waals surface area (Å²) < 4.78 is 3.45. The molecule has 0 saturated carbocycles. The zero-order valence-electron chi connectivity index (χ0n) is 13.8. The Labute approximate surface area is 143 Å². The van der Waals surface area contributed by atoms with Gasteiger partial charge >= 0.3 is 0 Å². The third-order valence-corrected chi connectivity index (χ3v) is 4.18. The van der Waals surface area contributed by atoms with Crippen LogP contribution in [0.15, 0.2) is 53.6 Å². The average molecular weight is 332 g/mol. The van der Waals surface area contributed by atoms with Gasteiger partial charge in [-0.15, -0.1) is 0 Å². The largest absolute Gasteiger partial charge is 0.382 e. The molecule has 0 aliphatic rings. The van der Waals surface area contributed by atoms with E-state index in [4.69, 9.17) is 5.73 Å². The van der Waals surface area contributed by atoms with Gasteiger partial charge in [-0.05, 0) is 18.2 Å². The molecule has 0 aliphatic carbocycles. The zero-order chi connectivity index (χ0) is 17.6. The van der Waals surface area contributed by atoms with Gasteiger partial charge < -0.3 is 14.9 Å². The van der Waals surface area contributed by atoms with Gasteiger partial charge in [0, 0.05) is 31.9 Å². The van der Waals surface area contributed by atoms with E-state index in [9.17, 15) is 4.79 Å². The second kappa shape index (κ2) is 5.55. The lowest BCUT2D eigenvalue weighted by Crippen LogP contribution is -2.14. The van der Waals surface area contributed by atoms with Gasteiger partial charge in [0.2, 0.25) is 5.56 Å². The average Bonchev–Trinajstić information content (AvgIpc) is 2.95. The number of benzene rings is 1. The lowest BCUT2D eigenvalue weighted by Gasteiger charge is -2.08. The molecule has 0 aliphatic heterocycles. The number of anilines is 1. The van der Waals surface area contributed by atoms with Gasteiger partial charge in [0.15, 0.2) is 11.6 Å². The normalized spacial score (nSPS) is 11.1. The summed E-state index contributed by atoms with van der Waals surface area (Å²) in [7, 11) is 3.62. The molecule has 0 radical (unpaired) electrons. The number of rotatable bonds is 2. The maximum Gasteiger partial charge on any atom is 0.250 e. The SMILES string of the molecule is Cn1cc(-c2cnc(N)c(-c3nc4ccccc4n3C)n2)ccc1=O. The van der Waals surface area contributed by atoms with E-state index in [1.54, 1.807) is 25.5 Å². The Morgan fingerprint density at radius 3 is 2.60 bits per heavy atom. The number of para-hydroxylation sites is 2. The van der Waals surface area contributed by atoms with Crippen molar-refractivity contribution in [1.82, 2.24) is 24.1 Å². The van der Waals surface area contributed by atoms with Gasteiger partial charge in [0.25, 0.3) is 0 Å². The van der Waals surface area contributed by atoms with Crippen LogP contribution in [0.4, 0.5) is 5.82 Å². The number of nitrogen functional groups attached to an aromatic ring is 1. The van der Waals surface area contributed by atoms with Gasteiger partial charge in [-0.1, -0.05) is 12.1 Å². The molecule has 3 aromatic heterocycles. The summed E-state index contributed by atoms with van der Waals surface area (Å²) in [5, 5.41) is 0. The highest BCUT2D eigenvalue weighted by molar-refractivity contribution is 5.82. The first-order valence-electron chi connectivity index (χ1n) is 7.76. The van der Waals surface area contributed by atoms with Crippen LogP contribution in [0.5, 0.6) is 0 Å². The van der Waals surface area contributed by atoms with Crippen LogP contribution < -0.4 is 11.3 Å². The van der Waals surface area contributed by atoms with E-state index in [1.807, 2.05) is 35.9 Å². The van der Waals surface area contributed by atoms with Crippen molar-refractivity contribution < 1.29 is 0 Å². The smallest absolute Gasteiger partial charge is 0.250 e. The number of nitrogens with two attached hydrogens (primary N) is 1. The van der Waals surface area contributed by atoms with Crippen molar-refractivity contribution in [1.29, 1.82) is 0 Å². The van der Waals surface area contributed by atoms with Crippen molar-refractivity contribution in [3.63, 3.8) is 0 Å². The first-order chi connectivity index (χ1) is 12.0. The summed E-state index contributed by atoms with van der Waals surface area (Å²) in [4.78, 5) is 25.1. The van der Waals surface area contributed by atoms with E-state index < -0.39 is 0 Å². The van der Waals surface area contributed by atoms with Crippen LogP contribution in [-0.2, 0) is 14.1 Å². The molecule has 0 amide bonds. The number of nitrogens with zero attached hydrogens (tertiary/aromatic N) is 5. The predicted molar refractivity (Wildman–Crippen MR) is 96.8 cm³/mol. The van der Waals surface area contributed by atoms with Crippen LogP contribution in [-0.4, -0.2) is 24.1 Å². The Morgan fingerprint density at radius 2 is 1.84 bits per heavy atom. The number of pyridine rings is 1. The number of aromatic nitrogens is 5. The Hall–Kier alpha value is -3.48. The Balaban J connectivity index is 1.91. The van der Waals surface area contributed by atoms with E-state index in [1.165, 1.54) is 10.6 Å². The third kappa shape index (κ3) is 2.46. The predicted octanol–water partition coefficient (Wildman–Crippen LogP) is 1.98. The minimum absolute atomic E-state index is 0.0808. The van der Waals surface area contributed by atoms with Crippen molar-refractivity contribution in [2.45, 2.75) is 0 Å². The number of hydrogen-bond donors (Lipinski definition) is 1. The monoisotopic (exact) mass is 332 g/mol. The summed E-state index contributed by atoms with van der Waals surface area (Å²) >= 11 is 0. The molecule has 4 rings (SSSR count). The van der Waals surface area contributed by atoms with Crippen LogP contribution in [0.1, 0.15) is 0 Å².